The molecule has 2 N–H and O–H groups in total. The highest BCUT2D eigenvalue weighted by atomic mass is 16.5. The third-order valence-electron chi connectivity index (χ3n) is 4.17. The zero-order valence-corrected chi connectivity index (χ0v) is 13.5. The number of nitrogens with zero attached hydrogens (tertiary/aromatic N) is 1. The van der Waals surface area contributed by atoms with E-state index in [0.29, 0.717) is 12.3 Å². The molecule has 24 heavy (non-hydrogen) atoms. The lowest BCUT2D eigenvalue weighted by Gasteiger charge is -2.13. The molecule has 6 heteroatoms. The molecule has 1 saturated carbocycles. The predicted molar refractivity (Wildman–Crippen MR) is 86.8 cm³/mol. The van der Waals surface area contributed by atoms with Gasteiger partial charge in [-0.25, -0.2) is 0 Å². The van der Waals surface area contributed by atoms with Gasteiger partial charge in [-0.1, -0.05) is 35.0 Å². The van der Waals surface area contributed by atoms with Gasteiger partial charge in [-0.3, -0.25) is 9.59 Å². The molecule has 1 aromatic carbocycles. The van der Waals surface area contributed by atoms with Crippen molar-refractivity contribution in [2.75, 3.05) is 6.54 Å². The van der Waals surface area contributed by atoms with Gasteiger partial charge in [0.05, 0.1) is 11.6 Å². The van der Waals surface area contributed by atoms with Crippen molar-refractivity contribution in [3.8, 4) is 0 Å². The van der Waals surface area contributed by atoms with Gasteiger partial charge in [-0.15, -0.1) is 0 Å². The van der Waals surface area contributed by atoms with E-state index in [4.69, 9.17) is 4.52 Å². The van der Waals surface area contributed by atoms with E-state index in [2.05, 4.69) is 10.5 Å². The number of aromatic nitrogens is 1. The lowest BCUT2D eigenvalue weighted by atomic mass is 9.98. The molecule has 1 heterocycles. The Balaban J connectivity index is 1.58. The Morgan fingerprint density at radius 1 is 1.38 bits per heavy atom. The maximum atomic E-state index is 12.1. The second-order valence-corrected chi connectivity index (χ2v) is 6.33. The molecule has 0 radical (unpaired) electrons. The van der Waals surface area contributed by atoms with Crippen molar-refractivity contribution in [3.05, 3.63) is 52.9 Å². The molecule has 1 amide bonds. The number of carboxylic acid groups (broad SMARTS) is 1. The SMILES string of the molecule is Cc1cccc(CC(CNC(=O)c2cc(C3CC3)no2)C(=O)O)c1. The molecule has 0 aliphatic heterocycles. The Morgan fingerprint density at radius 3 is 2.83 bits per heavy atom. The van der Waals surface area contributed by atoms with Crippen molar-refractivity contribution < 1.29 is 19.2 Å². The maximum Gasteiger partial charge on any atom is 0.308 e. The third-order valence-corrected chi connectivity index (χ3v) is 4.17. The topological polar surface area (TPSA) is 92.4 Å². The first-order chi connectivity index (χ1) is 11.5. The molecule has 0 bridgehead atoms. The van der Waals surface area contributed by atoms with Crippen LogP contribution >= 0.6 is 0 Å². The molecule has 2 aromatic rings. The average molecular weight is 328 g/mol. The average Bonchev–Trinajstić information content (AvgIpc) is 3.28. The molecule has 0 spiro atoms. The summed E-state index contributed by atoms with van der Waals surface area (Å²) >= 11 is 0. The van der Waals surface area contributed by atoms with Crippen LogP contribution in [0.3, 0.4) is 0 Å². The van der Waals surface area contributed by atoms with Gasteiger partial charge in [0.1, 0.15) is 0 Å². The van der Waals surface area contributed by atoms with Crippen LogP contribution in [0.4, 0.5) is 0 Å². The highest BCUT2D eigenvalue weighted by Crippen LogP contribution is 2.39. The van der Waals surface area contributed by atoms with Crippen LogP contribution in [-0.4, -0.2) is 28.7 Å². The fourth-order valence-corrected chi connectivity index (χ4v) is 2.64. The smallest absolute Gasteiger partial charge is 0.308 e. The van der Waals surface area contributed by atoms with Gasteiger partial charge >= 0.3 is 5.97 Å². The fourth-order valence-electron chi connectivity index (χ4n) is 2.64. The molecule has 0 saturated heterocycles. The van der Waals surface area contributed by atoms with Gasteiger partial charge in [-0.05, 0) is 31.7 Å². The second-order valence-electron chi connectivity index (χ2n) is 6.33. The highest BCUT2D eigenvalue weighted by Gasteiger charge is 2.28. The zero-order valence-electron chi connectivity index (χ0n) is 13.5. The van der Waals surface area contributed by atoms with E-state index in [1.165, 1.54) is 0 Å². The number of aliphatic carboxylic acids is 1. The van der Waals surface area contributed by atoms with E-state index in [-0.39, 0.29) is 12.3 Å². The van der Waals surface area contributed by atoms with Gasteiger partial charge in [0, 0.05) is 18.5 Å². The largest absolute Gasteiger partial charge is 0.481 e. The van der Waals surface area contributed by atoms with Gasteiger partial charge in [0.25, 0.3) is 5.91 Å². The van der Waals surface area contributed by atoms with Gasteiger partial charge in [0.2, 0.25) is 5.76 Å². The summed E-state index contributed by atoms with van der Waals surface area (Å²) in [5, 5.41) is 15.9. The van der Waals surface area contributed by atoms with Crippen molar-refractivity contribution in [2.45, 2.75) is 32.1 Å². The number of hydrogen-bond donors (Lipinski definition) is 2. The quantitative estimate of drug-likeness (QED) is 0.815. The van der Waals surface area contributed by atoms with Crippen LogP contribution in [0.5, 0.6) is 0 Å². The minimum atomic E-state index is -0.937. The van der Waals surface area contributed by atoms with E-state index in [1.807, 2.05) is 31.2 Å². The fraction of sp³-hybridized carbons (Fsp3) is 0.389. The van der Waals surface area contributed by atoms with Gasteiger partial charge in [0.15, 0.2) is 0 Å². The molecule has 3 rings (SSSR count). The molecule has 1 aromatic heterocycles. The number of benzene rings is 1. The Kier molecular flexibility index (Phi) is 4.64. The second kappa shape index (κ2) is 6.86. The number of aryl methyl sites for hydroxylation is 1. The molecule has 126 valence electrons. The van der Waals surface area contributed by atoms with E-state index in [0.717, 1.165) is 29.7 Å². The zero-order chi connectivity index (χ0) is 17.1. The van der Waals surface area contributed by atoms with Crippen molar-refractivity contribution in [2.24, 2.45) is 5.92 Å². The lowest BCUT2D eigenvalue weighted by molar-refractivity contribution is -0.141. The summed E-state index contributed by atoms with van der Waals surface area (Å²) < 4.78 is 5.05. The summed E-state index contributed by atoms with van der Waals surface area (Å²) in [4.78, 5) is 23.5. The number of amides is 1. The highest BCUT2D eigenvalue weighted by molar-refractivity contribution is 5.91. The van der Waals surface area contributed by atoms with Crippen LogP contribution in [0.25, 0.3) is 0 Å². The van der Waals surface area contributed by atoms with Crippen LogP contribution in [0, 0.1) is 12.8 Å². The standard InChI is InChI=1S/C18H20N2O4/c1-11-3-2-4-12(7-11)8-14(18(22)23)10-19-17(21)16-9-15(20-24-16)13-5-6-13/h2-4,7,9,13-14H,5-6,8,10H2,1H3,(H,19,21)(H,22,23). The first-order valence-electron chi connectivity index (χ1n) is 8.06. The van der Waals surface area contributed by atoms with Crippen molar-refractivity contribution in [1.82, 2.24) is 10.5 Å². The third kappa shape index (κ3) is 4.01. The van der Waals surface area contributed by atoms with Crippen LogP contribution in [0.15, 0.2) is 34.9 Å². The van der Waals surface area contributed by atoms with Crippen molar-refractivity contribution in [1.29, 1.82) is 0 Å². The Morgan fingerprint density at radius 2 is 2.17 bits per heavy atom. The first kappa shape index (κ1) is 16.2. The number of carboxylic acids is 1. The Labute approximate surface area is 139 Å². The summed E-state index contributed by atoms with van der Waals surface area (Å²) in [6, 6.07) is 9.35. The minimum absolute atomic E-state index is 0.0432. The monoisotopic (exact) mass is 328 g/mol. The predicted octanol–water partition coefficient (Wildman–Crippen LogP) is 2.53. The summed E-state index contributed by atoms with van der Waals surface area (Å²) in [5.74, 6) is -1.51. The summed E-state index contributed by atoms with van der Waals surface area (Å²) in [6.45, 7) is 2.00. The molecule has 1 atom stereocenters. The minimum Gasteiger partial charge on any atom is -0.481 e. The van der Waals surface area contributed by atoms with E-state index >= 15 is 0 Å². The van der Waals surface area contributed by atoms with E-state index in [9.17, 15) is 14.7 Å². The Hall–Kier alpha value is -2.63. The Bertz CT molecular complexity index is 749. The number of rotatable bonds is 7. The van der Waals surface area contributed by atoms with Crippen LogP contribution in [-0.2, 0) is 11.2 Å². The summed E-state index contributed by atoms with van der Waals surface area (Å²) in [5.41, 5.74) is 2.82. The molecule has 6 nitrogen and oxygen atoms in total. The van der Waals surface area contributed by atoms with E-state index < -0.39 is 17.8 Å². The van der Waals surface area contributed by atoms with Crippen LogP contribution in [0.2, 0.25) is 0 Å². The molecular weight excluding hydrogens is 308 g/mol. The number of carbonyl (C=O) groups excluding carboxylic acids is 1. The van der Waals surface area contributed by atoms with Gasteiger partial charge < -0.3 is 14.9 Å². The maximum absolute atomic E-state index is 12.1. The molecule has 1 aliphatic carbocycles. The lowest BCUT2D eigenvalue weighted by Crippen LogP contribution is -2.34. The summed E-state index contributed by atoms with van der Waals surface area (Å²) in [7, 11) is 0. The van der Waals surface area contributed by atoms with Gasteiger partial charge in [-0.2, -0.15) is 0 Å². The first-order valence-corrected chi connectivity index (χ1v) is 8.06. The molecular formula is C18H20N2O4. The normalized spacial score (nSPS) is 15.0. The van der Waals surface area contributed by atoms with Crippen LogP contribution < -0.4 is 5.32 Å². The van der Waals surface area contributed by atoms with Crippen LogP contribution in [0.1, 0.15) is 46.1 Å². The molecule has 1 fully saturated rings. The molecule has 1 aliphatic rings. The molecule has 1 unspecified atom stereocenters. The van der Waals surface area contributed by atoms with Crippen molar-refractivity contribution in [3.63, 3.8) is 0 Å². The summed E-state index contributed by atoms with van der Waals surface area (Å²) in [6.07, 6.45) is 2.51. The number of hydrogen-bond acceptors (Lipinski definition) is 4. The number of carbonyl (C=O) groups is 2. The number of nitrogens with one attached hydrogen (secondary N) is 1. The van der Waals surface area contributed by atoms with E-state index in [1.54, 1.807) is 6.07 Å². The van der Waals surface area contributed by atoms with Crippen molar-refractivity contribution >= 4 is 11.9 Å².